The Morgan fingerprint density at radius 3 is 2.52 bits per heavy atom. The Morgan fingerprint density at radius 1 is 1.28 bits per heavy atom. The zero-order valence-electron chi connectivity index (χ0n) is 16.9. The lowest BCUT2D eigenvalue weighted by molar-refractivity contribution is -0.152. The zero-order valence-corrected chi connectivity index (χ0v) is 17.6. The number of amides is 2. The summed E-state index contributed by atoms with van der Waals surface area (Å²) in [6.45, 7) is 1.11. The molecule has 29 heavy (non-hydrogen) atoms. The normalized spacial score (nSPS) is 14.9. The average molecular weight is 427 g/mol. The first-order valence-corrected chi connectivity index (χ1v) is 9.61. The van der Waals surface area contributed by atoms with Crippen molar-refractivity contribution in [3.63, 3.8) is 0 Å². The summed E-state index contributed by atoms with van der Waals surface area (Å²) < 4.78 is 10.2. The second-order valence-corrected chi connectivity index (χ2v) is 7.45. The van der Waals surface area contributed by atoms with Crippen molar-refractivity contribution in [3.05, 3.63) is 22.7 Å². The number of piperidine rings is 1. The van der Waals surface area contributed by atoms with Gasteiger partial charge in [-0.05, 0) is 18.9 Å². The van der Waals surface area contributed by atoms with E-state index in [0.717, 1.165) is 0 Å². The Hall–Kier alpha value is -2.52. The van der Waals surface area contributed by atoms with Gasteiger partial charge in [-0.25, -0.2) is 0 Å². The zero-order chi connectivity index (χ0) is 21.6. The number of halogens is 1. The van der Waals surface area contributed by atoms with Gasteiger partial charge >= 0.3 is 5.97 Å². The number of carbonyl (C=O) groups excluding carboxylic acids is 3. The van der Waals surface area contributed by atoms with Gasteiger partial charge in [-0.2, -0.15) is 0 Å². The number of likely N-dealkylation sites (N-methyl/N-ethyl adjacent to an activating group) is 1. The number of methoxy groups -OCH3 is 1. The van der Waals surface area contributed by atoms with Crippen molar-refractivity contribution in [3.8, 4) is 5.75 Å². The monoisotopic (exact) mass is 426 g/mol. The minimum absolute atomic E-state index is 0.0360. The fourth-order valence-electron chi connectivity index (χ4n) is 2.91. The average Bonchev–Trinajstić information content (AvgIpc) is 2.69. The smallest absolute Gasteiger partial charge is 0.320 e. The second kappa shape index (κ2) is 10.3. The van der Waals surface area contributed by atoms with E-state index in [2.05, 4.69) is 5.32 Å². The van der Waals surface area contributed by atoms with Gasteiger partial charge in [0.25, 0.3) is 11.8 Å². The molecule has 1 aliphatic rings. The van der Waals surface area contributed by atoms with Gasteiger partial charge in [0, 0.05) is 39.3 Å². The van der Waals surface area contributed by atoms with Crippen molar-refractivity contribution in [2.75, 3.05) is 53.2 Å². The molecular formula is C19H27ClN4O5. The van der Waals surface area contributed by atoms with E-state index in [-0.39, 0.29) is 36.0 Å². The number of nitrogens with two attached hydrogens (primary N) is 1. The summed E-state index contributed by atoms with van der Waals surface area (Å²) in [5.74, 6) is -0.637. The number of rotatable bonds is 7. The summed E-state index contributed by atoms with van der Waals surface area (Å²) in [6, 6.07) is 2.98. The largest absolute Gasteiger partial charge is 0.496 e. The predicted molar refractivity (Wildman–Crippen MR) is 109 cm³/mol. The molecule has 160 valence electrons. The standard InChI is InChI=1S/C19H27ClN4O5/c1-23(2)17(25)11-29-18(26)10-24-6-4-12(5-7-24)22-19(27)13-8-14(20)15(21)9-16(13)28-3/h8-9,12H,4-7,10-11,21H2,1-3H3,(H,22,27). The van der Waals surface area contributed by atoms with Crippen LogP contribution in [0.4, 0.5) is 5.69 Å². The van der Waals surface area contributed by atoms with Crippen LogP contribution in [0.25, 0.3) is 0 Å². The van der Waals surface area contributed by atoms with Gasteiger partial charge in [-0.3, -0.25) is 19.3 Å². The van der Waals surface area contributed by atoms with Crippen LogP contribution in [-0.4, -0.2) is 81.1 Å². The highest BCUT2D eigenvalue weighted by atomic mass is 35.5. The number of benzene rings is 1. The Morgan fingerprint density at radius 2 is 1.93 bits per heavy atom. The van der Waals surface area contributed by atoms with Crippen molar-refractivity contribution in [1.29, 1.82) is 0 Å². The summed E-state index contributed by atoms with van der Waals surface area (Å²) in [5.41, 5.74) is 6.41. The van der Waals surface area contributed by atoms with Gasteiger partial charge < -0.3 is 25.4 Å². The van der Waals surface area contributed by atoms with Gasteiger partial charge in [0.1, 0.15) is 5.75 Å². The molecule has 0 aliphatic carbocycles. The molecule has 1 saturated heterocycles. The van der Waals surface area contributed by atoms with Crippen molar-refractivity contribution < 1.29 is 23.9 Å². The van der Waals surface area contributed by atoms with Gasteiger partial charge in [0.05, 0.1) is 29.9 Å². The van der Waals surface area contributed by atoms with Crippen LogP contribution in [0.15, 0.2) is 12.1 Å². The summed E-state index contributed by atoms with van der Waals surface area (Å²) in [5, 5.41) is 3.26. The maximum Gasteiger partial charge on any atom is 0.320 e. The third-order valence-corrected chi connectivity index (χ3v) is 5.02. The van der Waals surface area contributed by atoms with Crippen LogP contribution >= 0.6 is 11.6 Å². The number of esters is 1. The van der Waals surface area contributed by atoms with E-state index >= 15 is 0 Å². The Bertz CT molecular complexity index is 763. The predicted octanol–water partition coefficient (Wildman–Crippen LogP) is 0.756. The van der Waals surface area contributed by atoms with E-state index < -0.39 is 5.97 Å². The van der Waals surface area contributed by atoms with Crippen LogP contribution in [-0.2, 0) is 14.3 Å². The maximum absolute atomic E-state index is 12.6. The number of ether oxygens (including phenoxy) is 2. The molecule has 1 fully saturated rings. The fourth-order valence-corrected chi connectivity index (χ4v) is 3.08. The van der Waals surface area contributed by atoms with E-state index in [9.17, 15) is 14.4 Å². The van der Waals surface area contributed by atoms with Gasteiger partial charge in [-0.1, -0.05) is 11.6 Å². The fraction of sp³-hybridized carbons (Fsp3) is 0.526. The molecule has 0 bridgehead atoms. The minimum atomic E-state index is -0.441. The number of anilines is 1. The second-order valence-electron chi connectivity index (χ2n) is 7.05. The first-order chi connectivity index (χ1) is 13.7. The van der Waals surface area contributed by atoms with Crippen LogP contribution in [0, 0.1) is 0 Å². The Labute approximate surface area is 175 Å². The van der Waals surface area contributed by atoms with Gasteiger partial charge in [0.15, 0.2) is 6.61 Å². The van der Waals surface area contributed by atoms with Crippen LogP contribution in [0.1, 0.15) is 23.2 Å². The van der Waals surface area contributed by atoms with Gasteiger partial charge in [-0.15, -0.1) is 0 Å². The molecule has 1 heterocycles. The lowest BCUT2D eigenvalue weighted by atomic mass is 10.0. The van der Waals surface area contributed by atoms with Crippen molar-refractivity contribution in [2.24, 2.45) is 0 Å². The van der Waals surface area contributed by atoms with E-state index in [1.807, 2.05) is 4.90 Å². The first kappa shape index (κ1) is 22.8. The number of nitrogens with zero attached hydrogens (tertiary/aromatic N) is 2. The maximum atomic E-state index is 12.6. The highest BCUT2D eigenvalue weighted by Gasteiger charge is 2.24. The summed E-state index contributed by atoms with van der Waals surface area (Å²) in [6.07, 6.45) is 1.36. The topological polar surface area (TPSA) is 114 Å². The number of likely N-dealkylation sites (tertiary alicyclic amines) is 1. The van der Waals surface area contributed by atoms with Crippen molar-refractivity contribution in [2.45, 2.75) is 18.9 Å². The third kappa shape index (κ3) is 6.50. The number of carbonyl (C=O) groups is 3. The summed E-state index contributed by atoms with van der Waals surface area (Å²) in [4.78, 5) is 39.2. The molecule has 2 amide bonds. The molecular weight excluding hydrogens is 400 g/mol. The molecule has 0 radical (unpaired) electrons. The van der Waals surface area contributed by atoms with Gasteiger partial charge in [0.2, 0.25) is 0 Å². The Balaban J connectivity index is 1.81. The van der Waals surface area contributed by atoms with E-state index in [1.54, 1.807) is 14.1 Å². The molecule has 1 aromatic rings. The molecule has 3 N–H and O–H groups in total. The lowest BCUT2D eigenvalue weighted by Crippen LogP contribution is -2.46. The molecule has 0 unspecified atom stereocenters. The molecule has 0 atom stereocenters. The third-order valence-electron chi connectivity index (χ3n) is 4.69. The molecule has 10 heteroatoms. The molecule has 0 aromatic heterocycles. The molecule has 1 aliphatic heterocycles. The molecule has 0 saturated carbocycles. The SMILES string of the molecule is COc1cc(N)c(Cl)cc1C(=O)NC1CCN(CC(=O)OCC(=O)N(C)C)CC1. The summed E-state index contributed by atoms with van der Waals surface area (Å²) in [7, 11) is 4.66. The quantitative estimate of drug-likeness (QED) is 0.488. The Kier molecular flexibility index (Phi) is 8.10. The number of nitrogen functional groups attached to an aromatic ring is 1. The summed E-state index contributed by atoms with van der Waals surface area (Å²) >= 11 is 6.02. The van der Waals surface area contributed by atoms with E-state index in [0.29, 0.717) is 42.9 Å². The van der Waals surface area contributed by atoms with Crippen LogP contribution < -0.4 is 15.8 Å². The lowest BCUT2D eigenvalue weighted by Gasteiger charge is -2.31. The minimum Gasteiger partial charge on any atom is -0.496 e. The highest BCUT2D eigenvalue weighted by molar-refractivity contribution is 6.33. The number of nitrogens with one attached hydrogen (secondary N) is 1. The molecule has 2 rings (SSSR count). The van der Waals surface area contributed by atoms with Crippen molar-refractivity contribution in [1.82, 2.24) is 15.1 Å². The molecule has 1 aromatic carbocycles. The van der Waals surface area contributed by atoms with Crippen molar-refractivity contribution >= 4 is 35.1 Å². The van der Waals surface area contributed by atoms with E-state index in [1.165, 1.54) is 24.1 Å². The van der Waals surface area contributed by atoms with Crippen LogP contribution in [0.2, 0.25) is 5.02 Å². The van der Waals surface area contributed by atoms with E-state index in [4.69, 9.17) is 26.8 Å². The number of hydrogen-bond acceptors (Lipinski definition) is 7. The van der Waals surface area contributed by atoms with Crippen LogP contribution in [0.5, 0.6) is 5.75 Å². The molecule has 0 spiro atoms. The van der Waals surface area contributed by atoms with Crippen LogP contribution in [0.3, 0.4) is 0 Å². The number of hydrogen-bond donors (Lipinski definition) is 2. The molecule has 9 nitrogen and oxygen atoms in total. The highest BCUT2D eigenvalue weighted by Crippen LogP contribution is 2.29. The first-order valence-electron chi connectivity index (χ1n) is 9.23.